The van der Waals surface area contributed by atoms with Gasteiger partial charge in [-0.1, -0.05) is 23.7 Å². The third-order valence-electron chi connectivity index (χ3n) is 4.20. The second-order valence-corrected chi connectivity index (χ2v) is 7.60. The molecule has 1 aliphatic carbocycles. The van der Waals surface area contributed by atoms with E-state index in [1.807, 2.05) is 17.5 Å². The smallest absolute Gasteiger partial charge is 0.321 e. The van der Waals surface area contributed by atoms with Crippen LogP contribution in [0, 0.1) is 0 Å². The van der Waals surface area contributed by atoms with E-state index in [4.69, 9.17) is 11.6 Å². The van der Waals surface area contributed by atoms with Gasteiger partial charge in [0.1, 0.15) is 11.4 Å². The largest absolute Gasteiger partial charge is 0.335 e. The molecule has 2 N–H and O–H groups in total. The first-order valence-electron chi connectivity index (χ1n) is 8.34. The second kappa shape index (κ2) is 7.13. The fourth-order valence-corrected chi connectivity index (χ4v) is 3.72. The summed E-state index contributed by atoms with van der Waals surface area (Å²) in [5, 5.41) is 7.80. The summed E-state index contributed by atoms with van der Waals surface area (Å²) in [6.07, 6.45) is 3.17. The van der Waals surface area contributed by atoms with E-state index in [1.165, 1.54) is 22.2 Å². The normalized spacial score (nSPS) is 13.5. The number of benzene rings is 1. The van der Waals surface area contributed by atoms with Crippen molar-refractivity contribution in [3.8, 4) is 11.1 Å². The number of thiophene rings is 1. The van der Waals surface area contributed by atoms with E-state index in [0.717, 1.165) is 24.0 Å². The lowest BCUT2D eigenvalue weighted by Crippen LogP contribution is -2.42. The van der Waals surface area contributed by atoms with Crippen LogP contribution in [0.15, 0.2) is 40.8 Å². The van der Waals surface area contributed by atoms with Crippen LogP contribution in [0.25, 0.3) is 21.3 Å². The first kappa shape index (κ1) is 17.7. The van der Waals surface area contributed by atoms with E-state index in [0.29, 0.717) is 15.2 Å². The lowest BCUT2D eigenvalue weighted by Gasteiger charge is -2.08. The number of carbonyl (C=O) groups is 2. The van der Waals surface area contributed by atoms with E-state index in [9.17, 15) is 14.4 Å². The summed E-state index contributed by atoms with van der Waals surface area (Å²) in [4.78, 5) is 41.5. The first-order chi connectivity index (χ1) is 13.0. The zero-order chi connectivity index (χ0) is 19.0. The average molecular weight is 403 g/mol. The van der Waals surface area contributed by atoms with Crippen LogP contribution >= 0.6 is 22.9 Å². The maximum atomic E-state index is 12.9. The van der Waals surface area contributed by atoms with Gasteiger partial charge in [-0.15, -0.1) is 11.3 Å². The molecule has 0 spiro atoms. The number of hydrogen-bond donors (Lipinski definition) is 2. The van der Waals surface area contributed by atoms with Gasteiger partial charge >= 0.3 is 6.03 Å². The van der Waals surface area contributed by atoms with E-state index >= 15 is 0 Å². The maximum Gasteiger partial charge on any atom is 0.321 e. The van der Waals surface area contributed by atoms with Crippen molar-refractivity contribution in [1.29, 1.82) is 0 Å². The Labute approximate surface area is 163 Å². The number of imide groups is 1. The Morgan fingerprint density at radius 1 is 1.26 bits per heavy atom. The van der Waals surface area contributed by atoms with Crippen molar-refractivity contribution in [2.24, 2.45) is 0 Å². The monoisotopic (exact) mass is 402 g/mol. The predicted octanol–water partition coefficient (Wildman–Crippen LogP) is 2.77. The van der Waals surface area contributed by atoms with Crippen LogP contribution in [0.3, 0.4) is 0 Å². The summed E-state index contributed by atoms with van der Waals surface area (Å²) in [6.45, 7) is -0.282. The molecule has 1 fully saturated rings. The van der Waals surface area contributed by atoms with Crippen LogP contribution in [-0.4, -0.2) is 27.5 Å². The highest BCUT2D eigenvalue weighted by Gasteiger charge is 2.24. The number of halogens is 1. The number of rotatable bonds is 4. The third-order valence-corrected chi connectivity index (χ3v) is 5.33. The minimum Gasteiger partial charge on any atom is -0.335 e. The molecule has 0 unspecified atom stereocenters. The molecule has 3 amide bonds. The number of aromatic nitrogens is 2. The van der Waals surface area contributed by atoms with Gasteiger partial charge in [0, 0.05) is 22.0 Å². The van der Waals surface area contributed by atoms with Crippen molar-refractivity contribution in [1.82, 2.24) is 20.2 Å². The number of urea groups is 1. The molecule has 0 radical (unpaired) electrons. The molecule has 27 heavy (non-hydrogen) atoms. The summed E-state index contributed by atoms with van der Waals surface area (Å²) in [6, 6.07) is 6.77. The Kier molecular flexibility index (Phi) is 4.67. The van der Waals surface area contributed by atoms with E-state index < -0.39 is 11.9 Å². The number of fused-ring (bicyclic) bond motifs is 1. The van der Waals surface area contributed by atoms with Crippen molar-refractivity contribution in [2.45, 2.75) is 25.4 Å². The van der Waals surface area contributed by atoms with E-state index in [2.05, 4.69) is 15.6 Å². The number of nitrogens with one attached hydrogen (secondary N) is 2. The van der Waals surface area contributed by atoms with Gasteiger partial charge in [-0.25, -0.2) is 9.78 Å². The van der Waals surface area contributed by atoms with Crippen molar-refractivity contribution in [3.63, 3.8) is 0 Å². The molecule has 1 aromatic carbocycles. The molecule has 2 aromatic heterocycles. The maximum absolute atomic E-state index is 12.9. The molecule has 138 valence electrons. The summed E-state index contributed by atoms with van der Waals surface area (Å²) < 4.78 is 1.20. The highest BCUT2D eigenvalue weighted by molar-refractivity contribution is 7.17. The molecule has 0 atom stereocenters. The molecule has 0 aliphatic heterocycles. The van der Waals surface area contributed by atoms with Crippen molar-refractivity contribution >= 4 is 45.1 Å². The summed E-state index contributed by atoms with van der Waals surface area (Å²) in [5.41, 5.74) is 1.25. The number of carbonyl (C=O) groups excluding carboxylic acids is 2. The standard InChI is InChI=1S/C18H15ClN4O3S/c19-11-3-1-10(2-4-11)13-8-27-16-15(13)17(25)23(9-20-16)7-14(24)22-18(26)21-12-5-6-12/h1-4,8-9,12H,5-7H2,(H2,21,22,24,26). The number of hydrogen-bond acceptors (Lipinski definition) is 5. The molecule has 1 aliphatic rings. The predicted molar refractivity (Wildman–Crippen MR) is 104 cm³/mol. The van der Waals surface area contributed by atoms with Gasteiger partial charge in [0.05, 0.1) is 11.7 Å². The van der Waals surface area contributed by atoms with Gasteiger partial charge < -0.3 is 5.32 Å². The third kappa shape index (κ3) is 3.86. The van der Waals surface area contributed by atoms with Crippen LogP contribution in [0.4, 0.5) is 4.79 Å². The van der Waals surface area contributed by atoms with Crippen LogP contribution in [0.1, 0.15) is 12.8 Å². The average Bonchev–Trinajstić information content (AvgIpc) is 3.33. The fourth-order valence-electron chi connectivity index (χ4n) is 2.69. The molecular weight excluding hydrogens is 388 g/mol. The van der Waals surface area contributed by atoms with Crippen LogP contribution in [-0.2, 0) is 11.3 Å². The van der Waals surface area contributed by atoms with E-state index in [-0.39, 0.29) is 18.1 Å². The second-order valence-electron chi connectivity index (χ2n) is 6.31. The quantitative estimate of drug-likeness (QED) is 0.701. The molecule has 3 aromatic rings. The summed E-state index contributed by atoms with van der Waals surface area (Å²) >= 11 is 7.29. The lowest BCUT2D eigenvalue weighted by atomic mass is 10.1. The van der Waals surface area contributed by atoms with Crippen LogP contribution in [0.2, 0.25) is 5.02 Å². The topological polar surface area (TPSA) is 93.1 Å². The minimum atomic E-state index is -0.570. The number of amides is 3. The fraction of sp³-hybridized carbons (Fsp3) is 0.222. The minimum absolute atomic E-state index is 0.145. The van der Waals surface area contributed by atoms with Gasteiger partial charge in [-0.05, 0) is 30.5 Å². The van der Waals surface area contributed by atoms with E-state index in [1.54, 1.807) is 12.1 Å². The van der Waals surface area contributed by atoms with Crippen LogP contribution in [0.5, 0.6) is 0 Å². The zero-order valence-corrected chi connectivity index (χ0v) is 15.6. The Bertz CT molecular complexity index is 1090. The molecular formula is C18H15ClN4O3S. The highest BCUT2D eigenvalue weighted by Crippen LogP contribution is 2.31. The van der Waals surface area contributed by atoms with Gasteiger partial charge in [-0.3, -0.25) is 19.5 Å². The van der Waals surface area contributed by atoms with Gasteiger partial charge in [0.2, 0.25) is 5.91 Å². The van der Waals surface area contributed by atoms with Crippen molar-refractivity contribution < 1.29 is 9.59 Å². The molecule has 1 saturated carbocycles. The summed E-state index contributed by atoms with van der Waals surface area (Å²) in [5.74, 6) is -0.570. The molecule has 0 bridgehead atoms. The SMILES string of the molecule is O=C(Cn1cnc2scc(-c3ccc(Cl)cc3)c2c1=O)NC(=O)NC1CC1. The Morgan fingerprint density at radius 3 is 2.70 bits per heavy atom. The molecule has 7 nitrogen and oxygen atoms in total. The lowest BCUT2D eigenvalue weighted by molar-refractivity contribution is -0.120. The molecule has 0 saturated heterocycles. The Hall–Kier alpha value is -2.71. The Balaban J connectivity index is 1.60. The van der Waals surface area contributed by atoms with Crippen molar-refractivity contribution in [2.75, 3.05) is 0 Å². The highest BCUT2D eigenvalue weighted by atomic mass is 35.5. The number of nitrogens with zero attached hydrogens (tertiary/aromatic N) is 2. The van der Waals surface area contributed by atoms with Crippen LogP contribution < -0.4 is 16.2 Å². The van der Waals surface area contributed by atoms with Gasteiger partial charge in [0.25, 0.3) is 5.56 Å². The Morgan fingerprint density at radius 2 is 2.00 bits per heavy atom. The molecule has 2 heterocycles. The first-order valence-corrected chi connectivity index (χ1v) is 9.60. The van der Waals surface area contributed by atoms with Gasteiger partial charge in [-0.2, -0.15) is 0 Å². The van der Waals surface area contributed by atoms with Gasteiger partial charge in [0.15, 0.2) is 0 Å². The summed E-state index contributed by atoms with van der Waals surface area (Å²) in [7, 11) is 0. The molecule has 4 rings (SSSR count). The molecule has 9 heteroatoms. The zero-order valence-electron chi connectivity index (χ0n) is 14.1. The van der Waals surface area contributed by atoms with Crippen molar-refractivity contribution in [3.05, 3.63) is 51.3 Å².